The molecule has 0 aliphatic rings. The van der Waals surface area contributed by atoms with Gasteiger partial charge >= 0.3 is 17.6 Å². The molecule has 1 amide bonds. The van der Waals surface area contributed by atoms with Crippen LogP contribution in [-0.4, -0.2) is 16.0 Å². The van der Waals surface area contributed by atoms with Crippen LogP contribution in [0.2, 0.25) is 0 Å². The van der Waals surface area contributed by atoms with E-state index in [2.05, 4.69) is 10.1 Å². The third kappa shape index (κ3) is 2.16. The van der Waals surface area contributed by atoms with E-state index in [0.717, 1.165) is 11.3 Å². The molecule has 0 aliphatic heterocycles. The largest absolute Gasteiger partial charge is 0.361 e. The van der Waals surface area contributed by atoms with E-state index in [1.165, 1.54) is 0 Å². The number of carbonyl (C=O) groups excluding carboxylic acids is 1. The maximum atomic E-state index is 11.3. The summed E-state index contributed by atoms with van der Waals surface area (Å²) in [7, 11) is 0. The highest BCUT2D eigenvalue weighted by molar-refractivity contribution is 5.88. The second kappa shape index (κ2) is 4.97. The van der Waals surface area contributed by atoms with E-state index in [9.17, 15) is 4.79 Å². The molecule has 20 heavy (non-hydrogen) atoms. The summed E-state index contributed by atoms with van der Waals surface area (Å²) in [6.45, 7) is 0. The highest BCUT2D eigenvalue weighted by atomic mass is 16.1. The van der Waals surface area contributed by atoms with E-state index < -0.39 is 5.91 Å². The van der Waals surface area contributed by atoms with Crippen molar-refractivity contribution in [3.8, 4) is 17.1 Å². The van der Waals surface area contributed by atoms with Crippen LogP contribution >= 0.6 is 0 Å². The molecule has 0 spiro atoms. The number of hydrogen-bond acceptors (Lipinski definition) is 2. The Morgan fingerprint density at radius 3 is 2.20 bits per heavy atom. The summed E-state index contributed by atoms with van der Waals surface area (Å²) in [5.41, 5.74) is 7.09. The number of primary amides is 1. The van der Waals surface area contributed by atoms with Gasteiger partial charge in [0.15, 0.2) is 5.69 Å². The van der Waals surface area contributed by atoms with Gasteiger partial charge in [0.1, 0.15) is 0 Å². The molecule has 5 heteroatoms. The van der Waals surface area contributed by atoms with Crippen LogP contribution < -0.4 is 10.4 Å². The Hall–Kier alpha value is -2.95. The van der Waals surface area contributed by atoms with Crippen LogP contribution in [-0.2, 0) is 0 Å². The molecule has 0 saturated carbocycles. The van der Waals surface area contributed by atoms with E-state index in [-0.39, 0.29) is 5.82 Å². The number of amides is 1. The first-order valence-corrected chi connectivity index (χ1v) is 6.18. The van der Waals surface area contributed by atoms with Gasteiger partial charge in [-0.3, -0.25) is 4.79 Å². The summed E-state index contributed by atoms with van der Waals surface area (Å²) in [4.78, 5) is 15.6. The fraction of sp³-hybridized carbons (Fsp3) is 0. The third-order valence-electron chi connectivity index (χ3n) is 2.93. The maximum absolute atomic E-state index is 11.3. The van der Waals surface area contributed by atoms with E-state index in [1.807, 2.05) is 60.7 Å². The molecule has 0 radical (unpaired) electrons. The quantitative estimate of drug-likeness (QED) is 0.703. The van der Waals surface area contributed by atoms with E-state index in [0.29, 0.717) is 5.82 Å². The first-order chi connectivity index (χ1) is 9.75. The van der Waals surface area contributed by atoms with Crippen molar-refractivity contribution in [3.05, 3.63) is 66.5 Å². The molecular formula is C15H13N4O+. The van der Waals surface area contributed by atoms with Crippen LogP contribution in [0.1, 0.15) is 10.6 Å². The average molecular weight is 265 g/mol. The Kier molecular flexibility index (Phi) is 3.01. The molecule has 1 aromatic heterocycles. The topological polar surface area (TPSA) is 75.7 Å². The molecule has 0 saturated heterocycles. The van der Waals surface area contributed by atoms with Gasteiger partial charge in [-0.15, -0.1) is 4.68 Å². The zero-order valence-corrected chi connectivity index (χ0v) is 10.7. The van der Waals surface area contributed by atoms with Gasteiger partial charge in [0, 0.05) is 0 Å². The highest BCUT2D eigenvalue weighted by Gasteiger charge is 2.25. The van der Waals surface area contributed by atoms with E-state index in [4.69, 9.17) is 5.73 Å². The SMILES string of the molecule is NC(=O)c1nc(-c2ccccc2)[n+](-c2ccccc2)[nH]1. The number of H-pyrrole nitrogens is 1. The summed E-state index contributed by atoms with van der Waals surface area (Å²) < 4.78 is 1.75. The summed E-state index contributed by atoms with van der Waals surface area (Å²) in [6, 6.07) is 19.2. The van der Waals surface area contributed by atoms with Crippen molar-refractivity contribution in [2.75, 3.05) is 0 Å². The number of aromatic nitrogens is 3. The van der Waals surface area contributed by atoms with Crippen LogP contribution in [0.15, 0.2) is 60.7 Å². The molecule has 5 nitrogen and oxygen atoms in total. The zero-order valence-electron chi connectivity index (χ0n) is 10.7. The molecule has 0 aliphatic carbocycles. The van der Waals surface area contributed by atoms with Gasteiger partial charge in [0.05, 0.1) is 5.56 Å². The molecule has 0 fully saturated rings. The number of nitrogens with two attached hydrogens (primary N) is 1. The first kappa shape index (κ1) is 12.1. The Balaban J connectivity index is 2.20. The number of carbonyl (C=O) groups is 1. The van der Waals surface area contributed by atoms with Crippen LogP contribution in [0.3, 0.4) is 0 Å². The lowest BCUT2D eigenvalue weighted by Gasteiger charge is -1.97. The first-order valence-electron chi connectivity index (χ1n) is 6.18. The predicted molar refractivity (Wildman–Crippen MR) is 74.1 cm³/mol. The van der Waals surface area contributed by atoms with Crippen molar-refractivity contribution >= 4 is 5.91 Å². The number of hydrogen-bond donors (Lipinski definition) is 2. The minimum absolute atomic E-state index is 0.132. The second-order valence-electron chi connectivity index (χ2n) is 4.30. The number of nitrogens with one attached hydrogen (secondary N) is 1. The smallest absolute Gasteiger partial charge is 0.357 e. The van der Waals surface area contributed by atoms with Crippen molar-refractivity contribution in [3.63, 3.8) is 0 Å². The van der Waals surface area contributed by atoms with Gasteiger partial charge in [-0.1, -0.05) is 36.4 Å². The molecule has 0 unspecified atom stereocenters. The normalized spacial score (nSPS) is 10.4. The molecule has 3 N–H and O–H groups in total. The predicted octanol–water partition coefficient (Wildman–Crippen LogP) is 1.45. The Morgan fingerprint density at radius 2 is 1.60 bits per heavy atom. The highest BCUT2D eigenvalue weighted by Crippen LogP contribution is 2.14. The molecule has 3 aromatic rings. The number of rotatable bonds is 3. The van der Waals surface area contributed by atoms with E-state index in [1.54, 1.807) is 4.68 Å². The summed E-state index contributed by atoms with van der Waals surface area (Å²) in [5, 5.41) is 2.93. The van der Waals surface area contributed by atoms with Crippen molar-refractivity contribution in [2.45, 2.75) is 0 Å². The average Bonchev–Trinajstić information content (AvgIpc) is 2.94. The minimum atomic E-state index is -0.586. The molecule has 2 aromatic carbocycles. The van der Waals surface area contributed by atoms with Crippen molar-refractivity contribution in [2.24, 2.45) is 5.73 Å². The van der Waals surface area contributed by atoms with Gasteiger partial charge in [-0.25, -0.2) is 0 Å². The zero-order chi connectivity index (χ0) is 13.9. The standard InChI is InChI=1S/C15H12N4O/c16-13(20)14-17-15(11-7-3-1-4-8-11)19(18-14)12-9-5-2-6-10-12/h1-10H,(H2,16,20)/p+1. The second-order valence-corrected chi connectivity index (χ2v) is 4.30. The van der Waals surface area contributed by atoms with Gasteiger partial charge in [-0.05, 0) is 29.2 Å². The lowest BCUT2D eigenvalue weighted by molar-refractivity contribution is -0.645. The van der Waals surface area contributed by atoms with Crippen LogP contribution in [0.25, 0.3) is 17.1 Å². The van der Waals surface area contributed by atoms with E-state index >= 15 is 0 Å². The fourth-order valence-electron chi connectivity index (χ4n) is 1.99. The van der Waals surface area contributed by atoms with Crippen LogP contribution in [0, 0.1) is 0 Å². The van der Waals surface area contributed by atoms with Crippen LogP contribution in [0.4, 0.5) is 0 Å². The molecular weight excluding hydrogens is 252 g/mol. The number of nitrogens with zero attached hydrogens (tertiary/aromatic N) is 2. The van der Waals surface area contributed by atoms with Crippen molar-refractivity contribution in [1.82, 2.24) is 10.1 Å². The van der Waals surface area contributed by atoms with Crippen molar-refractivity contribution < 1.29 is 9.48 Å². The number of aromatic amines is 1. The van der Waals surface area contributed by atoms with Gasteiger partial charge in [0.2, 0.25) is 0 Å². The lowest BCUT2D eigenvalue weighted by atomic mass is 10.2. The van der Waals surface area contributed by atoms with Gasteiger partial charge < -0.3 is 5.73 Å². The van der Waals surface area contributed by atoms with Gasteiger partial charge in [0.25, 0.3) is 0 Å². The molecule has 0 bridgehead atoms. The summed E-state index contributed by atoms with van der Waals surface area (Å²) in [6.07, 6.45) is 0. The van der Waals surface area contributed by atoms with Gasteiger partial charge in [-0.2, -0.15) is 5.10 Å². The van der Waals surface area contributed by atoms with Crippen molar-refractivity contribution in [1.29, 1.82) is 0 Å². The Morgan fingerprint density at radius 1 is 1.00 bits per heavy atom. The monoisotopic (exact) mass is 265 g/mol. The molecule has 98 valence electrons. The molecule has 1 heterocycles. The molecule has 3 rings (SSSR count). The Bertz CT molecular complexity index is 678. The maximum Gasteiger partial charge on any atom is 0.357 e. The third-order valence-corrected chi connectivity index (χ3v) is 2.93. The molecule has 0 atom stereocenters. The summed E-state index contributed by atoms with van der Waals surface area (Å²) in [5.74, 6) is 0.190. The fourth-order valence-corrected chi connectivity index (χ4v) is 1.99. The minimum Gasteiger partial charge on any atom is -0.361 e. The Labute approximate surface area is 115 Å². The summed E-state index contributed by atoms with van der Waals surface area (Å²) >= 11 is 0. The number of para-hydroxylation sites is 1. The number of benzene rings is 2. The lowest BCUT2D eigenvalue weighted by Crippen LogP contribution is -2.35. The van der Waals surface area contributed by atoms with Crippen LogP contribution in [0.5, 0.6) is 0 Å².